The third kappa shape index (κ3) is 5.08. The van der Waals surface area contributed by atoms with Crippen LogP contribution in [0.1, 0.15) is 58.4 Å². The molecule has 4 heteroatoms. The molecule has 0 spiro atoms. The minimum Gasteiger partial charge on any atom is -0.332 e. The third-order valence-electron chi connectivity index (χ3n) is 4.93. The fourth-order valence-electron chi connectivity index (χ4n) is 3.43. The number of carbonyl (C=O) groups is 2. The molecule has 1 unspecified atom stereocenters. The zero-order valence-corrected chi connectivity index (χ0v) is 15.1. The molecule has 2 rings (SSSR count). The van der Waals surface area contributed by atoms with Crippen molar-refractivity contribution in [3.8, 4) is 0 Å². The summed E-state index contributed by atoms with van der Waals surface area (Å²) in [6.45, 7) is 5.85. The van der Waals surface area contributed by atoms with Gasteiger partial charge in [-0.15, -0.1) is 0 Å². The van der Waals surface area contributed by atoms with Crippen LogP contribution in [0.25, 0.3) is 0 Å². The molecular weight excluding hydrogens is 300 g/mol. The zero-order valence-electron chi connectivity index (χ0n) is 15.1. The predicted molar refractivity (Wildman–Crippen MR) is 96.9 cm³/mol. The lowest BCUT2D eigenvalue weighted by molar-refractivity contribution is -0.111. The van der Waals surface area contributed by atoms with Crippen molar-refractivity contribution in [3.63, 3.8) is 0 Å². The fourth-order valence-corrected chi connectivity index (χ4v) is 3.43. The Labute approximate surface area is 145 Å². The quantitative estimate of drug-likeness (QED) is 0.806. The molecule has 132 valence electrons. The molecule has 1 saturated carbocycles. The summed E-state index contributed by atoms with van der Waals surface area (Å²) in [6, 6.07) is 9.57. The maximum absolute atomic E-state index is 12.5. The zero-order chi connectivity index (χ0) is 17.6. The summed E-state index contributed by atoms with van der Waals surface area (Å²) in [7, 11) is 0. The fraction of sp³-hybridized carbons (Fsp3) is 0.600. The number of urea groups is 1. The monoisotopic (exact) mass is 330 g/mol. The van der Waals surface area contributed by atoms with Crippen LogP contribution in [0.4, 0.5) is 4.79 Å². The predicted octanol–water partition coefficient (Wildman–Crippen LogP) is 3.84. The molecule has 0 radical (unpaired) electrons. The molecule has 4 nitrogen and oxygen atoms in total. The summed E-state index contributed by atoms with van der Waals surface area (Å²) in [4.78, 5) is 23.8. The first-order valence-corrected chi connectivity index (χ1v) is 8.93. The number of nitrogens with one attached hydrogen (secondary N) is 2. The van der Waals surface area contributed by atoms with E-state index in [1.807, 2.05) is 39.0 Å². The first-order chi connectivity index (χ1) is 11.3. The molecule has 0 saturated heterocycles. The van der Waals surface area contributed by atoms with Crippen molar-refractivity contribution in [1.82, 2.24) is 10.6 Å². The highest BCUT2D eigenvalue weighted by Crippen LogP contribution is 2.31. The average molecular weight is 330 g/mol. The number of aldehydes is 1. The van der Waals surface area contributed by atoms with Gasteiger partial charge in [0.05, 0.1) is 6.04 Å². The van der Waals surface area contributed by atoms with Crippen LogP contribution in [0.2, 0.25) is 0 Å². The molecule has 0 heterocycles. The molecule has 1 fully saturated rings. The first kappa shape index (κ1) is 18.5. The van der Waals surface area contributed by atoms with Gasteiger partial charge in [-0.1, -0.05) is 70.4 Å². The minimum absolute atomic E-state index is 0.213. The van der Waals surface area contributed by atoms with E-state index in [1.54, 1.807) is 0 Å². The van der Waals surface area contributed by atoms with Crippen molar-refractivity contribution < 1.29 is 9.59 Å². The van der Waals surface area contributed by atoms with Crippen molar-refractivity contribution in [1.29, 1.82) is 0 Å². The van der Waals surface area contributed by atoms with E-state index in [1.165, 1.54) is 12.0 Å². The number of hydrogen-bond donors (Lipinski definition) is 2. The lowest BCUT2D eigenvalue weighted by atomic mass is 9.77. The lowest BCUT2D eigenvalue weighted by Gasteiger charge is -2.39. The summed E-state index contributed by atoms with van der Waals surface area (Å²) in [6.07, 6.45) is 7.10. The van der Waals surface area contributed by atoms with Gasteiger partial charge in [-0.05, 0) is 30.2 Å². The normalized spacial score (nSPS) is 18.5. The van der Waals surface area contributed by atoms with Crippen LogP contribution in [0.15, 0.2) is 30.3 Å². The Morgan fingerprint density at radius 2 is 1.79 bits per heavy atom. The van der Waals surface area contributed by atoms with Crippen molar-refractivity contribution in [2.24, 2.45) is 5.41 Å². The second kappa shape index (κ2) is 7.82. The van der Waals surface area contributed by atoms with E-state index in [0.717, 1.165) is 38.4 Å². The highest BCUT2D eigenvalue weighted by atomic mass is 16.2. The maximum atomic E-state index is 12.5. The molecule has 1 aromatic rings. The van der Waals surface area contributed by atoms with Crippen LogP contribution >= 0.6 is 0 Å². The van der Waals surface area contributed by atoms with Gasteiger partial charge < -0.3 is 15.4 Å². The van der Waals surface area contributed by atoms with Crippen LogP contribution in [0, 0.1) is 5.41 Å². The third-order valence-corrected chi connectivity index (χ3v) is 4.93. The Morgan fingerprint density at radius 1 is 1.17 bits per heavy atom. The molecule has 1 aliphatic carbocycles. The highest BCUT2D eigenvalue weighted by molar-refractivity contribution is 5.79. The molecular formula is C20H30N2O2. The molecule has 0 bridgehead atoms. The maximum Gasteiger partial charge on any atom is 0.315 e. The van der Waals surface area contributed by atoms with Gasteiger partial charge in [-0.3, -0.25) is 0 Å². The van der Waals surface area contributed by atoms with Gasteiger partial charge in [0, 0.05) is 5.54 Å². The van der Waals surface area contributed by atoms with E-state index in [4.69, 9.17) is 0 Å². The molecule has 1 aliphatic rings. The number of amides is 2. The SMILES string of the molecule is CC(C)(C)C(C=O)NC(=O)NC1(Cc2ccccc2)CCCCC1. The Bertz CT molecular complexity index is 543. The van der Waals surface area contributed by atoms with E-state index >= 15 is 0 Å². The molecule has 0 aliphatic heterocycles. The van der Waals surface area contributed by atoms with Gasteiger partial charge in [-0.2, -0.15) is 0 Å². The lowest BCUT2D eigenvalue weighted by Crippen LogP contribution is -2.57. The van der Waals surface area contributed by atoms with E-state index in [0.29, 0.717) is 0 Å². The van der Waals surface area contributed by atoms with Crippen LogP contribution in [-0.4, -0.2) is 23.9 Å². The number of carbonyl (C=O) groups excluding carboxylic acids is 2. The van der Waals surface area contributed by atoms with Gasteiger partial charge in [0.15, 0.2) is 0 Å². The van der Waals surface area contributed by atoms with Gasteiger partial charge in [-0.25, -0.2) is 4.79 Å². The van der Waals surface area contributed by atoms with Gasteiger partial charge in [0.2, 0.25) is 0 Å². The Morgan fingerprint density at radius 3 is 2.33 bits per heavy atom. The molecule has 24 heavy (non-hydrogen) atoms. The Kier molecular flexibility index (Phi) is 6.03. The summed E-state index contributed by atoms with van der Waals surface area (Å²) in [5, 5.41) is 6.06. The topological polar surface area (TPSA) is 58.2 Å². The van der Waals surface area contributed by atoms with Crippen LogP contribution in [0.5, 0.6) is 0 Å². The summed E-state index contributed by atoms with van der Waals surface area (Å²) in [5.41, 5.74) is 0.732. The minimum atomic E-state index is -0.491. The van der Waals surface area contributed by atoms with Gasteiger partial charge >= 0.3 is 6.03 Å². The van der Waals surface area contributed by atoms with E-state index < -0.39 is 6.04 Å². The molecule has 2 N–H and O–H groups in total. The standard InChI is InChI=1S/C20H30N2O2/c1-19(2,3)17(15-23)21-18(24)22-20(12-8-5-9-13-20)14-16-10-6-4-7-11-16/h4,6-7,10-11,15,17H,5,8-9,12-14H2,1-3H3,(H2,21,22,24). The highest BCUT2D eigenvalue weighted by Gasteiger charge is 2.35. The van der Waals surface area contributed by atoms with Crippen LogP contribution in [0.3, 0.4) is 0 Å². The van der Waals surface area contributed by atoms with E-state index in [-0.39, 0.29) is 17.0 Å². The van der Waals surface area contributed by atoms with Crippen LogP contribution in [-0.2, 0) is 11.2 Å². The van der Waals surface area contributed by atoms with Crippen molar-refractivity contribution in [3.05, 3.63) is 35.9 Å². The van der Waals surface area contributed by atoms with E-state index in [9.17, 15) is 9.59 Å². The molecule has 2 amide bonds. The number of hydrogen-bond acceptors (Lipinski definition) is 2. The van der Waals surface area contributed by atoms with E-state index in [2.05, 4.69) is 22.8 Å². The molecule has 1 aromatic carbocycles. The molecule has 0 aromatic heterocycles. The number of rotatable bonds is 5. The van der Waals surface area contributed by atoms with Crippen LogP contribution < -0.4 is 10.6 Å². The van der Waals surface area contributed by atoms with Gasteiger partial charge in [0.1, 0.15) is 6.29 Å². The Balaban J connectivity index is 2.08. The largest absolute Gasteiger partial charge is 0.332 e. The average Bonchev–Trinajstić information content (AvgIpc) is 2.53. The van der Waals surface area contributed by atoms with Crippen molar-refractivity contribution >= 4 is 12.3 Å². The second-order valence-corrected chi connectivity index (χ2v) is 8.08. The summed E-state index contributed by atoms with van der Waals surface area (Å²) < 4.78 is 0. The van der Waals surface area contributed by atoms with Gasteiger partial charge in [0.25, 0.3) is 0 Å². The molecule has 1 atom stereocenters. The summed E-state index contributed by atoms with van der Waals surface area (Å²) in [5.74, 6) is 0. The van der Waals surface area contributed by atoms with Crippen molar-refractivity contribution in [2.75, 3.05) is 0 Å². The summed E-state index contributed by atoms with van der Waals surface area (Å²) >= 11 is 0. The smallest absolute Gasteiger partial charge is 0.315 e. The van der Waals surface area contributed by atoms with Crippen molar-refractivity contribution in [2.45, 2.75) is 70.9 Å². The second-order valence-electron chi connectivity index (χ2n) is 8.08. The first-order valence-electron chi connectivity index (χ1n) is 8.93. The number of benzene rings is 1. The Hall–Kier alpha value is -1.84.